The predicted octanol–water partition coefficient (Wildman–Crippen LogP) is 3.54. The molecule has 106 valence electrons. The standard InChI is InChI=1S/C16H23NO.ClH/c1-12(13-6-8-17-9-7-13)15-5-4-14-3-2-10-18-16(14)11-15;/h4-5,11-13,17H,2-3,6-10H2,1H3;1H. The van der Waals surface area contributed by atoms with E-state index in [0.29, 0.717) is 5.92 Å². The molecule has 1 unspecified atom stereocenters. The van der Waals surface area contributed by atoms with E-state index in [0.717, 1.165) is 24.7 Å². The third-order valence-electron chi connectivity index (χ3n) is 4.56. The molecule has 3 rings (SSSR count). The fourth-order valence-corrected chi connectivity index (χ4v) is 3.26. The van der Waals surface area contributed by atoms with Crippen molar-refractivity contribution in [1.29, 1.82) is 0 Å². The SMILES string of the molecule is CC(c1ccc2c(c1)OCCC2)C1CCNCC1.Cl. The van der Waals surface area contributed by atoms with Crippen LogP contribution in [0.4, 0.5) is 0 Å². The fraction of sp³-hybridized carbons (Fsp3) is 0.625. The highest BCUT2D eigenvalue weighted by Crippen LogP contribution is 2.34. The zero-order chi connectivity index (χ0) is 12.4. The molecule has 0 aromatic heterocycles. The number of hydrogen-bond acceptors (Lipinski definition) is 2. The molecule has 1 fully saturated rings. The smallest absolute Gasteiger partial charge is 0.122 e. The molecule has 1 N–H and O–H groups in total. The van der Waals surface area contributed by atoms with E-state index in [4.69, 9.17) is 4.74 Å². The van der Waals surface area contributed by atoms with E-state index in [-0.39, 0.29) is 12.4 Å². The summed E-state index contributed by atoms with van der Waals surface area (Å²) in [5.74, 6) is 2.62. The molecule has 2 nitrogen and oxygen atoms in total. The van der Waals surface area contributed by atoms with Crippen molar-refractivity contribution in [3.8, 4) is 5.75 Å². The van der Waals surface area contributed by atoms with Gasteiger partial charge in [-0.05, 0) is 67.8 Å². The summed E-state index contributed by atoms with van der Waals surface area (Å²) in [4.78, 5) is 0. The first kappa shape index (κ1) is 14.7. The highest BCUT2D eigenvalue weighted by atomic mass is 35.5. The molecule has 0 amide bonds. The summed E-state index contributed by atoms with van der Waals surface area (Å²) >= 11 is 0. The van der Waals surface area contributed by atoms with Gasteiger partial charge in [0.25, 0.3) is 0 Å². The van der Waals surface area contributed by atoms with Crippen LogP contribution >= 0.6 is 12.4 Å². The van der Waals surface area contributed by atoms with Gasteiger partial charge in [0.1, 0.15) is 5.75 Å². The maximum Gasteiger partial charge on any atom is 0.122 e. The van der Waals surface area contributed by atoms with Gasteiger partial charge in [0.15, 0.2) is 0 Å². The quantitative estimate of drug-likeness (QED) is 0.895. The summed E-state index contributed by atoms with van der Waals surface area (Å²) in [7, 11) is 0. The second-order valence-electron chi connectivity index (χ2n) is 5.70. The third-order valence-corrected chi connectivity index (χ3v) is 4.56. The van der Waals surface area contributed by atoms with Crippen LogP contribution in [0.1, 0.15) is 43.2 Å². The number of piperidine rings is 1. The number of rotatable bonds is 2. The molecule has 1 atom stereocenters. The molecule has 19 heavy (non-hydrogen) atoms. The fourth-order valence-electron chi connectivity index (χ4n) is 3.26. The van der Waals surface area contributed by atoms with Gasteiger partial charge in [-0.2, -0.15) is 0 Å². The van der Waals surface area contributed by atoms with Crippen molar-refractivity contribution in [3.05, 3.63) is 29.3 Å². The summed E-state index contributed by atoms with van der Waals surface area (Å²) in [5, 5.41) is 3.45. The van der Waals surface area contributed by atoms with E-state index in [1.165, 1.54) is 43.5 Å². The summed E-state index contributed by atoms with van der Waals surface area (Å²) < 4.78 is 5.79. The largest absolute Gasteiger partial charge is 0.493 e. The van der Waals surface area contributed by atoms with Crippen LogP contribution in [0.15, 0.2) is 18.2 Å². The molecule has 0 radical (unpaired) electrons. The molecule has 1 saturated heterocycles. The first-order chi connectivity index (χ1) is 8.84. The van der Waals surface area contributed by atoms with Crippen molar-refractivity contribution >= 4 is 12.4 Å². The Hall–Kier alpha value is -0.730. The Bertz CT molecular complexity index is 415. The van der Waals surface area contributed by atoms with E-state index in [9.17, 15) is 0 Å². The van der Waals surface area contributed by atoms with Gasteiger partial charge in [-0.15, -0.1) is 12.4 Å². The summed E-state index contributed by atoms with van der Waals surface area (Å²) in [6, 6.07) is 6.89. The highest BCUT2D eigenvalue weighted by Gasteiger charge is 2.22. The van der Waals surface area contributed by atoms with Gasteiger partial charge in [-0.1, -0.05) is 19.1 Å². The first-order valence-electron chi connectivity index (χ1n) is 7.31. The van der Waals surface area contributed by atoms with Gasteiger partial charge in [0.05, 0.1) is 6.61 Å². The van der Waals surface area contributed by atoms with Crippen LogP contribution in [-0.2, 0) is 6.42 Å². The van der Waals surface area contributed by atoms with Crippen LogP contribution in [0.25, 0.3) is 0 Å². The minimum absolute atomic E-state index is 0. The van der Waals surface area contributed by atoms with Gasteiger partial charge in [0, 0.05) is 0 Å². The number of nitrogens with one attached hydrogen (secondary N) is 1. The van der Waals surface area contributed by atoms with E-state index in [2.05, 4.69) is 30.4 Å². The number of ether oxygens (including phenoxy) is 1. The van der Waals surface area contributed by atoms with Crippen molar-refractivity contribution in [2.75, 3.05) is 19.7 Å². The van der Waals surface area contributed by atoms with Gasteiger partial charge in [-0.3, -0.25) is 0 Å². The van der Waals surface area contributed by atoms with Crippen LogP contribution in [0, 0.1) is 5.92 Å². The lowest BCUT2D eigenvalue weighted by atomic mass is 9.81. The molecule has 0 aliphatic carbocycles. The lowest BCUT2D eigenvalue weighted by Gasteiger charge is -2.29. The predicted molar refractivity (Wildman–Crippen MR) is 81.5 cm³/mol. The molecule has 0 saturated carbocycles. The Morgan fingerprint density at radius 3 is 2.84 bits per heavy atom. The minimum Gasteiger partial charge on any atom is -0.493 e. The summed E-state index contributed by atoms with van der Waals surface area (Å²) in [6.07, 6.45) is 4.95. The van der Waals surface area contributed by atoms with Crippen molar-refractivity contribution < 1.29 is 4.74 Å². The number of halogens is 1. The molecular formula is C16H24ClNO. The molecule has 1 aromatic carbocycles. The van der Waals surface area contributed by atoms with Crippen LogP contribution in [0.3, 0.4) is 0 Å². The second kappa shape index (κ2) is 6.62. The minimum atomic E-state index is 0. The number of fused-ring (bicyclic) bond motifs is 1. The Balaban J connectivity index is 0.00000133. The van der Waals surface area contributed by atoms with Crippen LogP contribution in [0.5, 0.6) is 5.75 Å². The maximum atomic E-state index is 5.79. The molecule has 0 spiro atoms. The maximum absolute atomic E-state index is 5.79. The lowest BCUT2D eigenvalue weighted by Crippen LogP contribution is -2.30. The Kier molecular flexibility index (Phi) is 5.12. The van der Waals surface area contributed by atoms with Crippen molar-refractivity contribution in [3.63, 3.8) is 0 Å². The third kappa shape index (κ3) is 3.24. The van der Waals surface area contributed by atoms with Crippen LogP contribution in [0.2, 0.25) is 0 Å². The van der Waals surface area contributed by atoms with Crippen molar-refractivity contribution in [2.24, 2.45) is 5.92 Å². The zero-order valence-corrected chi connectivity index (χ0v) is 12.5. The van der Waals surface area contributed by atoms with E-state index >= 15 is 0 Å². The van der Waals surface area contributed by atoms with Gasteiger partial charge in [-0.25, -0.2) is 0 Å². The topological polar surface area (TPSA) is 21.3 Å². The average molecular weight is 282 g/mol. The first-order valence-corrected chi connectivity index (χ1v) is 7.31. The van der Waals surface area contributed by atoms with Gasteiger partial charge < -0.3 is 10.1 Å². The van der Waals surface area contributed by atoms with Crippen molar-refractivity contribution in [1.82, 2.24) is 5.32 Å². The lowest BCUT2D eigenvalue weighted by molar-refractivity contribution is 0.286. The Morgan fingerprint density at radius 1 is 1.26 bits per heavy atom. The molecule has 0 bridgehead atoms. The van der Waals surface area contributed by atoms with E-state index in [1.54, 1.807) is 0 Å². The number of benzene rings is 1. The summed E-state index contributed by atoms with van der Waals surface area (Å²) in [5.41, 5.74) is 2.85. The number of aryl methyl sites for hydroxylation is 1. The second-order valence-corrected chi connectivity index (χ2v) is 5.70. The van der Waals surface area contributed by atoms with E-state index < -0.39 is 0 Å². The monoisotopic (exact) mass is 281 g/mol. The molecule has 2 aliphatic heterocycles. The molecule has 3 heteroatoms. The average Bonchev–Trinajstić information content (AvgIpc) is 2.47. The number of hydrogen-bond donors (Lipinski definition) is 1. The van der Waals surface area contributed by atoms with Gasteiger partial charge >= 0.3 is 0 Å². The Labute approximate surface area is 122 Å². The molecule has 1 aromatic rings. The normalized spacial score (nSPS) is 20.9. The van der Waals surface area contributed by atoms with Gasteiger partial charge in [0.2, 0.25) is 0 Å². The molecule has 2 heterocycles. The summed E-state index contributed by atoms with van der Waals surface area (Å²) in [6.45, 7) is 5.62. The Morgan fingerprint density at radius 2 is 2.05 bits per heavy atom. The zero-order valence-electron chi connectivity index (χ0n) is 11.7. The van der Waals surface area contributed by atoms with Crippen LogP contribution in [-0.4, -0.2) is 19.7 Å². The van der Waals surface area contributed by atoms with Crippen LogP contribution < -0.4 is 10.1 Å². The highest BCUT2D eigenvalue weighted by molar-refractivity contribution is 5.85. The van der Waals surface area contributed by atoms with E-state index in [1.807, 2.05) is 0 Å². The molecular weight excluding hydrogens is 258 g/mol. The van der Waals surface area contributed by atoms with Crippen molar-refractivity contribution in [2.45, 2.75) is 38.5 Å². The molecule has 2 aliphatic rings.